The van der Waals surface area contributed by atoms with Crippen molar-refractivity contribution in [1.29, 1.82) is 0 Å². The molecule has 0 N–H and O–H groups in total. The Morgan fingerprint density at radius 1 is 1.67 bits per heavy atom. The second kappa shape index (κ2) is 6.85. The molecule has 0 radical (unpaired) electrons. The van der Waals surface area contributed by atoms with Gasteiger partial charge in [-0.1, -0.05) is 19.9 Å². The Kier molecular flexibility index (Phi) is 6.38. The van der Waals surface area contributed by atoms with Gasteiger partial charge in [-0.15, -0.1) is 0 Å². The first-order valence-corrected chi connectivity index (χ1v) is 4.10. The minimum atomic E-state index is -0.432. The monoisotopic (exact) mass is 172 g/mol. The van der Waals surface area contributed by atoms with E-state index in [2.05, 4.69) is 13.5 Å². The second-order valence-electron chi connectivity index (χ2n) is 2.45. The summed E-state index contributed by atoms with van der Waals surface area (Å²) < 4.78 is 9.81. The van der Waals surface area contributed by atoms with Crippen molar-refractivity contribution in [3.8, 4) is 0 Å². The molecule has 0 aliphatic carbocycles. The summed E-state index contributed by atoms with van der Waals surface area (Å²) in [4.78, 5) is 10.7. The Bertz CT molecular complexity index is 143. The normalized spacial score (nSPS) is 12.2. The molecule has 0 aromatic heterocycles. The maximum atomic E-state index is 10.7. The lowest BCUT2D eigenvalue weighted by Crippen LogP contribution is -2.18. The van der Waals surface area contributed by atoms with E-state index < -0.39 is 12.3 Å². The molecular formula is C9H16O3. The molecular weight excluding hydrogens is 156 g/mol. The average molecular weight is 172 g/mol. The van der Waals surface area contributed by atoms with Gasteiger partial charge in [0.2, 0.25) is 6.29 Å². The fraction of sp³-hybridized carbons (Fsp3) is 0.667. The van der Waals surface area contributed by atoms with Crippen LogP contribution in [0.4, 0.5) is 0 Å². The number of methoxy groups -OCH3 is 1. The van der Waals surface area contributed by atoms with Crippen LogP contribution in [0.3, 0.4) is 0 Å². The van der Waals surface area contributed by atoms with Crippen LogP contribution in [0.1, 0.15) is 26.2 Å². The molecule has 0 amide bonds. The Labute approximate surface area is 73.4 Å². The molecule has 0 saturated heterocycles. The highest BCUT2D eigenvalue weighted by molar-refractivity contribution is 5.81. The Hall–Kier alpha value is -0.830. The first kappa shape index (κ1) is 11.2. The van der Waals surface area contributed by atoms with Crippen molar-refractivity contribution in [2.75, 3.05) is 7.11 Å². The standard InChI is InChI=1S/C9H16O3/c1-4-6-7-9(11-3)12-8(10)5-2/h5,9H,2,4,6-7H2,1,3H3. The highest BCUT2D eigenvalue weighted by Gasteiger charge is 2.09. The maximum Gasteiger partial charge on any atom is 0.332 e. The van der Waals surface area contributed by atoms with E-state index in [1.165, 1.54) is 7.11 Å². The lowest BCUT2D eigenvalue weighted by Gasteiger charge is -2.13. The van der Waals surface area contributed by atoms with E-state index in [0.717, 1.165) is 25.3 Å². The molecule has 70 valence electrons. The van der Waals surface area contributed by atoms with Crippen molar-refractivity contribution in [3.63, 3.8) is 0 Å². The minimum absolute atomic E-state index is 0.421. The van der Waals surface area contributed by atoms with Crippen LogP contribution in [0.25, 0.3) is 0 Å². The summed E-state index contributed by atoms with van der Waals surface area (Å²) in [5, 5.41) is 0. The zero-order chi connectivity index (χ0) is 9.40. The topological polar surface area (TPSA) is 35.5 Å². The summed E-state index contributed by atoms with van der Waals surface area (Å²) in [6, 6.07) is 0. The van der Waals surface area contributed by atoms with Crippen molar-refractivity contribution in [2.24, 2.45) is 0 Å². The quantitative estimate of drug-likeness (QED) is 0.348. The summed E-state index contributed by atoms with van der Waals surface area (Å²) in [5.74, 6) is -0.432. The van der Waals surface area contributed by atoms with Gasteiger partial charge in [0.25, 0.3) is 0 Å². The molecule has 0 saturated carbocycles. The van der Waals surface area contributed by atoms with Crippen LogP contribution in [0, 0.1) is 0 Å². The predicted octanol–water partition coefficient (Wildman–Crippen LogP) is 1.88. The number of hydrogen-bond acceptors (Lipinski definition) is 3. The molecule has 0 rings (SSSR count). The summed E-state index contributed by atoms with van der Waals surface area (Å²) in [5.41, 5.74) is 0. The van der Waals surface area contributed by atoms with E-state index >= 15 is 0 Å². The third-order valence-corrected chi connectivity index (χ3v) is 1.47. The van der Waals surface area contributed by atoms with Gasteiger partial charge in [0, 0.05) is 19.6 Å². The van der Waals surface area contributed by atoms with Crippen molar-refractivity contribution in [2.45, 2.75) is 32.5 Å². The fourth-order valence-corrected chi connectivity index (χ4v) is 0.773. The lowest BCUT2D eigenvalue weighted by molar-refractivity contribution is -0.168. The predicted molar refractivity (Wildman–Crippen MR) is 46.6 cm³/mol. The van der Waals surface area contributed by atoms with Gasteiger partial charge in [0.15, 0.2) is 0 Å². The van der Waals surface area contributed by atoms with Gasteiger partial charge in [0.05, 0.1) is 0 Å². The van der Waals surface area contributed by atoms with Gasteiger partial charge in [-0.05, 0) is 6.42 Å². The van der Waals surface area contributed by atoms with Gasteiger partial charge in [-0.3, -0.25) is 0 Å². The molecule has 0 aromatic rings. The lowest BCUT2D eigenvalue weighted by atomic mass is 10.2. The number of esters is 1. The van der Waals surface area contributed by atoms with Crippen LogP contribution in [0.15, 0.2) is 12.7 Å². The van der Waals surface area contributed by atoms with E-state index in [0.29, 0.717) is 0 Å². The first-order chi connectivity index (χ1) is 5.74. The molecule has 0 bridgehead atoms. The molecule has 0 aromatic carbocycles. The van der Waals surface area contributed by atoms with Gasteiger partial charge in [0.1, 0.15) is 0 Å². The summed E-state index contributed by atoms with van der Waals surface area (Å²) in [6.45, 7) is 5.37. The highest BCUT2D eigenvalue weighted by atomic mass is 16.7. The van der Waals surface area contributed by atoms with E-state index in [9.17, 15) is 4.79 Å². The van der Waals surface area contributed by atoms with Crippen LogP contribution < -0.4 is 0 Å². The van der Waals surface area contributed by atoms with Gasteiger partial charge in [-0.2, -0.15) is 0 Å². The van der Waals surface area contributed by atoms with Crippen LogP contribution in [-0.4, -0.2) is 19.4 Å². The minimum Gasteiger partial charge on any atom is -0.433 e. The van der Waals surface area contributed by atoms with Gasteiger partial charge in [-0.25, -0.2) is 4.79 Å². The molecule has 3 heteroatoms. The zero-order valence-electron chi connectivity index (χ0n) is 7.71. The van der Waals surface area contributed by atoms with E-state index in [1.54, 1.807) is 0 Å². The van der Waals surface area contributed by atoms with E-state index in [-0.39, 0.29) is 0 Å². The Morgan fingerprint density at radius 2 is 2.33 bits per heavy atom. The SMILES string of the molecule is C=CC(=O)OC(CCCC)OC. The molecule has 1 atom stereocenters. The van der Waals surface area contributed by atoms with Crippen LogP contribution in [-0.2, 0) is 14.3 Å². The molecule has 12 heavy (non-hydrogen) atoms. The van der Waals surface area contributed by atoms with Gasteiger partial charge < -0.3 is 9.47 Å². The highest BCUT2D eigenvalue weighted by Crippen LogP contribution is 2.05. The molecule has 0 aliphatic heterocycles. The second-order valence-corrected chi connectivity index (χ2v) is 2.45. The van der Waals surface area contributed by atoms with Crippen molar-refractivity contribution < 1.29 is 14.3 Å². The van der Waals surface area contributed by atoms with E-state index in [4.69, 9.17) is 9.47 Å². The molecule has 0 fully saturated rings. The van der Waals surface area contributed by atoms with Crippen molar-refractivity contribution in [1.82, 2.24) is 0 Å². The zero-order valence-corrected chi connectivity index (χ0v) is 7.71. The van der Waals surface area contributed by atoms with Crippen LogP contribution >= 0.6 is 0 Å². The molecule has 0 aliphatic rings. The smallest absolute Gasteiger partial charge is 0.332 e. The third kappa shape index (κ3) is 4.91. The number of rotatable bonds is 6. The first-order valence-electron chi connectivity index (χ1n) is 4.10. The summed E-state index contributed by atoms with van der Waals surface area (Å²) in [7, 11) is 1.52. The number of carbonyl (C=O) groups excluding carboxylic acids is 1. The molecule has 3 nitrogen and oxygen atoms in total. The van der Waals surface area contributed by atoms with Gasteiger partial charge >= 0.3 is 5.97 Å². The van der Waals surface area contributed by atoms with Crippen LogP contribution in [0.5, 0.6) is 0 Å². The average Bonchev–Trinajstić information content (AvgIpc) is 2.11. The fourth-order valence-electron chi connectivity index (χ4n) is 0.773. The van der Waals surface area contributed by atoms with Crippen LogP contribution in [0.2, 0.25) is 0 Å². The Balaban J connectivity index is 3.66. The largest absolute Gasteiger partial charge is 0.433 e. The number of unbranched alkanes of at least 4 members (excludes halogenated alkanes) is 1. The molecule has 0 heterocycles. The maximum absolute atomic E-state index is 10.7. The number of ether oxygens (including phenoxy) is 2. The van der Waals surface area contributed by atoms with Crippen molar-refractivity contribution >= 4 is 5.97 Å². The Morgan fingerprint density at radius 3 is 2.75 bits per heavy atom. The summed E-state index contributed by atoms with van der Waals surface area (Å²) in [6.07, 6.45) is 3.51. The molecule has 0 spiro atoms. The third-order valence-electron chi connectivity index (χ3n) is 1.47. The van der Waals surface area contributed by atoms with E-state index in [1.807, 2.05) is 0 Å². The van der Waals surface area contributed by atoms with Crippen molar-refractivity contribution in [3.05, 3.63) is 12.7 Å². The number of hydrogen-bond donors (Lipinski definition) is 0. The number of carbonyl (C=O) groups is 1. The molecule has 1 unspecified atom stereocenters. The summed E-state index contributed by atoms with van der Waals surface area (Å²) >= 11 is 0.